The van der Waals surface area contributed by atoms with Crippen LogP contribution in [0.3, 0.4) is 0 Å². The highest BCUT2D eigenvalue weighted by molar-refractivity contribution is 6.03. The Morgan fingerprint density at radius 3 is 2.29 bits per heavy atom. The average molecular weight is 279 g/mol. The van der Waals surface area contributed by atoms with Crippen molar-refractivity contribution < 1.29 is 0 Å². The summed E-state index contributed by atoms with van der Waals surface area (Å²) in [6.45, 7) is 2.62. The van der Waals surface area contributed by atoms with E-state index in [2.05, 4.69) is 12.2 Å². The number of rotatable bonds is 6. The largest absolute Gasteiger partial charge is 0.367 e. The Morgan fingerprint density at radius 1 is 1.05 bits per heavy atom. The van der Waals surface area contributed by atoms with E-state index in [0.717, 1.165) is 17.8 Å². The number of hydrogen-bond acceptors (Lipinski definition) is 2. The van der Waals surface area contributed by atoms with Gasteiger partial charge in [0.25, 0.3) is 0 Å². The predicted octanol–water partition coefficient (Wildman–Crippen LogP) is 4.51. The van der Waals surface area contributed by atoms with Crippen LogP contribution in [0.15, 0.2) is 72.8 Å². The molecule has 0 spiro atoms. The zero-order chi connectivity index (χ0) is 14.9. The Balaban J connectivity index is 2.12. The lowest BCUT2D eigenvalue weighted by molar-refractivity contribution is 1.06. The monoisotopic (exact) mass is 279 g/mol. The van der Waals surface area contributed by atoms with Gasteiger partial charge >= 0.3 is 0 Å². The van der Waals surface area contributed by atoms with E-state index in [1.165, 1.54) is 0 Å². The van der Waals surface area contributed by atoms with Crippen LogP contribution in [0, 0.1) is 5.41 Å². The number of anilines is 2. The van der Waals surface area contributed by atoms with Crippen molar-refractivity contribution in [2.24, 2.45) is 0 Å². The van der Waals surface area contributed by atoms with E-state index in [0.29, 0.717) is 12.5 Å². The number of allylic oxidation sites excluding steroid dienone is 1. The fraction of sp³-hybridized carbons (Fsp3) is 0.167. The molecule has 0 radical (unpaired) electrons. The van der Waals surface area contributed by atoms with E-state index in [4.69, 9.17) is 5.41 Å². The molecule has 3 heteroatoms. The summed E-state index contributed by atoms with van der Waals surface area (Å²) in [7, 11) is 0. The van der Waals surface area contributed by atoms with E-state index in [1.54, 1.807) is 0 Å². The molecule has 0 unspecified atom stereocenters. The molecule has 2 N–H and O–H groups in total. The quantitative estimate of drug-likeness (QED) is 0.464. The molecule has 0 bridgehead atoms. The van der Waals surface area contributed by atoms with E-state index in [9.17, 15) is 0 Å². The molecule has 0 atom stereocenters. The van der Waals surface area contributed by atoms with Gasteiger partial charge in [-0.2, -0.15) is 0 Å². The first-order chi connectivity index (χ1) is 10.3. The lowest BCUT2D eigenvalue weighted by Gasteiger charge is -2.24. The zero-order valence-electron chi connectivity index (χ0n) is 12.3. The molecular weight excluding hydrogens is 258 g/mol. The SMILES string of the molecule is CC/C=C/C(=N)N(CNc1ccccc1)c1ccccc1. The maximum absolute atomic E-state index is 8.25. The van der Waals surface area contributed by atoms with Gasteiger partial charge < -0.3 is 10.2 Å². The lowest BCUT2D eigenvalue weighted by atomic mass is 10.2. The molecular formula is C18H21N3. The normalized spacial score (nSPS) is 10.5. The minimum atomic E-state index is 0.478. The molecule has 21 heavy (non-hydrogen) atoms. The number of para-hydroxylation sites is 2. The molecule has 0 amide bonds. The molecule has 0 aromatic heterocycles. The number of nitrogens with one attached hydrogen (secondary N) is 2. The van der Waals surface area contributed by atoms with Gasteiger partial charge in [0.05, 0.1) is 6.67 Å². The fourth-order valence-corrected chi connectivity index (χ4v) is 1.97. The van der Waals surface area contributed by atoms with Crippen molar-refractivity contribution in [3.63, 3.8) is 0 Å². The average Bonchev–Trinajstić information content (AvgIpc) is 2.55. The number of nitrogens with zero attached hydrogens (tertiary/aromatic N) is 1. The van der Waals surface area contributed by atoms with Crippen LogP contribution in [0.2, 0.25) is 0 Å². The third kappa shape index (κ3) is 4.49. The Hall–Kier alpha value is -2.55. The molecule has 0 aliphatic heterocycles. The highest BCUT2D eigenvalue weighted by atomic mass is 15.2. The molecule has 0 fully saturated rings. The molecule has 108 valence electrons. The standard InChI is InChI=1S/C18H21N3/c1-2-3-14-18(19)21(17-12-8-5-9-13-17)15-20-16-10-6-4-7-11-16/h3-14,19-20H,2,15H2,1H3/b14-3+,19-18?. The van der Waals surface area contributed by atoms with E-state index >= 15 is 0 Å². The minimum absolute atomic E-state index is 0.478. The van der Waals surface area contributed by atoms with Crippen LogP contribution in [0.4, 0.5) is 11.4 Å². The summed E-state index contributed by atoms with van der Waals surface area (Å²) >= 11 is 0. The van der Waals surface area contributed by atoms with E-state index in [-0.39, 0.29) is 0 Å². The van der Waals surface area contributed by atoms with Gasteiger partial charge in [0.1, 0.15) is 5.84 Å². The van der Waals surface area contributed by atoms with Gasteiger partial charge in [-0.1, -0.05) is 49.4 Å². The van der Waals surface area contributed by atoms with Crippen molar-refractivity contribution >= 4 is 17.2 Å². The second-order valence-corrected chi connectivity index (χ2v) is 4.66. The fourth-order valence-electron chi connectivity index (χ4n) is 1.97. The second kappa shape index (κ2) is 7.90. The first-order valence-electron chi connectivity index (χ1n) is 7.18. The third-order valence-corrected chi connectivity index (χ3v) is 3.09. The van der Waals surface area contributed by atoms with Gasteiger partial charge in [0.15, 0.2) is 0 Å². The van der Waals surface area contributed by atoms with Crippen molar-refractivity contribution in [3.8, 4) is 0 Å². The number of amidine groups is 1. The number of hydrogen-bond donors (Lipinski definition) is 2. The Labute approximate surface area is 126 Å². The zero-order valence-corrected chi connectivity index (χ0v) is 12.3. The van der Waals surface area contributed by atoms with Crippen LogP contribution in [-0.4, -0.2) is 12.5 Å². The van der Waals surface area contributed by atoms with E-state index < -0.39 is 0 Å². The molecule has 2 aromatic carbocycles. The van der Waals surface area contributed by atoms with Crippen molar-refractivity contribution in [2.45, 2.75) is 13.3 Å². The Bertz CT molecular complexity index is 576. The van der Waals surface area contributed by atoms with Gasteiger partial charge in [0, 0.05) is 11.4 Å². The van der Waals surface area contributed by atoms with Gasteiger partial charge in [-0.25, -0.2) is 0 Å². The van der Waals surface area contributed by atoms with Crippen molar-refractivity contribution in [1.29, 1.82) is 5.41 Å². The van der Waals surface area contributed by atoms with Gasteiger partial charge in [-0.05, 0) is 36.8 Å². The molecule has 0 saturated carbocycles. The maximum atomic E-state index is 8.25. The lowest BCUT2D eigenvalue weighted by Crippen LogP contribution is -2.33. The first kappa shape index (κ1) is 14.9. The van der Waals surface area contributed by atoms with Crippen LogP contribution < -0.4 is 10.2 Å². The van der Waals surface area contributed by atoms with Crippen LogP contribution in [0.25, 0.3) is 0 Å². The highest BCUT2D eigenvalue weighted by Crippen LogP contribution is 2.15. The summed E-state index contributed by atoms with van der Waals surface area (Å²) in [5, 5.41) is 11.6. The molecule has 0 heterocycles. The summed E-state index contributed by atoms with van der Waals surface area (Å²) in [5.41, 5.74) is 2.05. The van der Waals surface area contributed by atoms with Crippen molar-refractivity contribution in [3.05, 3.63) is 72.8 Å². The minimum Gasteiger partial charge on any atom is -0.367 e. The van der Waals surface area contributed by atoms with E-state index in [1.807, 2.05) is 77.7 Å². The molecule has 0 aliphatic rings. The van der Waals surface area contributed by atoms with Gasteiger partial charge in [-0.15, -0.1) is 0 Å². The Morgan fingerprint density at radius 2 is 1.67 bits per heavy atom. The summed E-state index contributed by atoms with van der Waals surface area (Å²) in [6.07, 6.45) is 4.78. The molecule has 2 aromatic rings. The van der Waals surface area contributed by atoms with Crippen molar-refractivity contribution in [1.82, 2.24) is 0 Å². The van der Waals surface area contributed by atoms with Crippen LogP contribution in [0.1, 0.15) is 13.3 Å². The smallest absolute Gasteiger partial charge is 0.126 e. The van der Waals surface area contributed by atoms with Crippen LogP contribution in [-0.2, 0) is 0 Å². The van der Waals surface area contributed by atoms with Crippen LogP contribution >= 0.6 is 0 Å². The predicted molar refractivity (Wildman–Crippen MR) is 91.0 cm³/mol. The third-order valence-electron chi connectivity index (χ3n) is 3.09. The number of benzene rings is 2. The summed E-state index contributed by atoms with van der Waals surface area (Å²) in [6, 6.07) is 20.0. The summed E-state index contributed by atoms with van der Waals surface area (Å²) < 4.78 is 0. The molecule has 3 nitrogen and oxygen atoms in total. The van der Waals surface area contributed by atoms with Crippen LogP contribution in [0.5, 0.6) is 0 Å². The molecule has 0 aliphatic carbocycles. The molecule has 2 rings (SSSR count). The van der Waals surface area contributed by atoms with Gasteiger partial charge in [0.2, 0.25) is 0 Å². The Kier molecular flexibility index (Phi) is 5.59. The highest BCUT2D eigenvalue weighted by Gasteiger charge is 2.09. The summed E-state index contributed by atoms with van der Waals surface area (Å²) in [4.78, 5) is 1.94. The molecule has 0 saturated heterocycles. The van der Waals surface area contributed by atoms with Gasteiger partial charge in [-0.3, -0.25) is 5.41 Å². The summed E-state index contributed by atoms with van der Waals surface area (Å²) in [5.74, 6) is 0.478. The second-order valence-electron chi connectivity index (χ2n) is 4.66. The van der Waals surface area contributed by atoms with Crippen molar-refractivity contribution in [2.75, 3.05) is 16.9 Å². The maximum Gasteiger partial charge on any atom is 0.126 e. The first-order valence-corrected chi connectivity index (χ1v) is 7.18. The topological polar surface area (TPSA) is 39.1 Å².